The summed E-state index contributed by atoms with van der Waals surface area (Å²) in [5.41, 5.74) is 0.421. The Balaban J connectivity index is 1.97. The third kappa shape index (κ3) is 5.94. The standard InChI is InChI=1S/C28H26Cl2F2N2O3/c1-28(16-25(35)36)15-21(18-5-4-6-20(30)13-18)26(17-8-10-19(29)11-9-17)34(27(28)37)23(14-24(31)32)22-7-2-3-12-33-22/h2-13,21,23-24,26H,14-16H2,1H3,(H,35,36)/t21-,23+,26-,28-/m1/s1. The number of halogens is 4. The first-order valence-corrected chi connectivity index (χ1v) is 12.6. The Bertz CT molecular complexity index is 1260. The molecular weight excluding hydrogens is 521 g/mol. The van der Waals surface area contributed by atoms with E-state index in [-0.39, 0.29) is 6.42 Å². The van der Waals surface area contributed by atoms with Gasteiger partial charge in [0.1, 0.15) is 0 Å². The molecule has 1 aromatic heterocycles. The molecule has 0 spiro atoms. The molecule has 0 radical (unpaired) electrons. The first-order chi connectivity index (χ1) is 17.6. The molecule has 1 aliphatic rings. The normalized spacial score (nSPS) is 22.8. The number of piperidine rings is 1. The van der Waals surface area contributed by atoms with Crippen LogP contribution in [-0.2, 0) is 9.59 Å². The number of hydrogen-bond acceptors (Lipinski definition) is 3. The topological polar surface area (TPSA) is 70.5 Å². The molecule has 3 aromatic rings. The number of pyridine rings is 1. The van der Waals surface area contributed by atoms with Crippen molar-refractivity contribution in [3.05, 3.63) is 99.8 Å². The summed E-state index contributed by atoms with van der Waals surface area (Å²) in [5.74, 6) is -2.09. The minimum absolute atomic E-state index is 0.186. The molecule has 0 bridgehead atoms. The number of aromatic nitrogens is 1. The van der Waals surface area contributed by atoms with E-state index in [0.29, 0.717) is 21.3 Å². The minimum Gasteiger partial charge on any atom is -0.481 e. The van der Waals surface area contributed by atoms with Gasteiger partial charge in [-0.25, -0.2) is 8.78 Å². The van der Waals surface area contributed by atoms with Crippen molar-refractivity contribution in [1.29, 1.82) is 0 Å². The number of benzene rings is 2. The maximum atomic E-state index is 14.2. The molecule has 194 valence electrons. The first-order valence-electron chi connectivity index (χ1n) is 11.8. The Hall–Kier alpha value is -3.03. The smallest absolute Gasteiger partial charge is 0.304 e. The van der Waals surface area contributed by atoms with Gasteiger partial charge in [0.15, 0.2) is 0 Å². The van der Waals surface area contributed by atoms with E-state index in [1.807, 2.05) is 6.07 Å². The molecule has 1 fully saturated rings. The first kappa shape index (κ1) is 27.0. The number of carboxylic acid groups (broad SMARTS) is 1. The highest BCUT2D eigenvalue weighted by Crippen LogP contribution is 2.54. The van der Waals surface area contributed by atoms with Crippen molar-refractivity contribution >= 4 is 35.1 Å². The van der Waals surface area contributed by atoms with Gasteiger partial charge in [-0.3, -0.25) is 14.6 Å². The van der Waals surface area contributed by atoms with E-state index in [2.05, 4.69) is 4.98 Å². The molecule has 0 aliphatic carbocycles. The van der Waals surface area contributed by atoms with Crippen LogP contribution < -0.4 is 0 Å². The van der Waals surface area contributed by atoms with Crippen molar-refractivity contribution in [2.45, 2.75) is 50.6 Å². The van der Waals surface area contributed by atoms with Crippen LogP contribution in [0.3, 0.4) is 0 Å². The quantitative estimate of drug-likeness (QED) is 0.321. The second kappa shape index (κ2) is 11.2. The molecule has 4 atom stereocenters. The van der Waals surface area contributed by atoms with Crippen molar-refractivity contribution < 1.29 is 23.5 Å². The van der Waals surface area contributed by atoms with Crippen LogP contribution in [0.5, 0.6) is 0 Å². The van der Waals surface area contributed by atoms with Gasteiger partial charge in [0.2, 0.25) is 12.3 Å². The molecule has 4 rings (SSSR count). The third-order valence-electron chi connectivity index (χ3n) is 6.90. The lowest BCUT2D eigenvalue weighted by Gasteiger charge is -2.51. The zero-order valence-corrected chi connectivity index (χ0v) is 21.5. The van der Waals surface area contributed by atoms with Crippen molar-refractivity contribution in [1.82, 2.24) is 9.88 Å². The summed E-state index contributed by atoms with van der Waals surface area (Å²) < 4.78 is 28.0. The number of hydrogen-bond donors (Lipinski definition) is 1. The van der Waals surface area contributed by atoms with Crippen molar-refractivity contribution in [3.63, 3.8) is 0 Å². The molecule has 1 aliphatic heterocycles. The van der Waals surface area contributed by atoms with Gasteiger partial charge in [-0.15, -0.1) is 0 Å². The average molecular weight is 547 g/mol. The predicted molar refractivity (Wildman–Crippen MR) is 138 cm³/mol. The van der Waals surface area contributed by atoms with Crippen LogP contribution in [0.1, 0.15) is 61.0 Å². The number of alkyl halides is 2. The Morgan fingerprint density at radius 3 is 2.41 bits per heavy atom. The Kier molecular flexibility index (Phi) is 8.14. The molecule has 1 amide bonds. The second-order valence-corrected chi connectivity index (χ2v) is 10.5. The van der Waals surface area contributed by atoms with Crippen LogP contribution >= 0.6 is 23.2 Å². The summed E-state index contributed by atoms with van der Waals surface area (Å²) in [6, 6.07) is 17.2. The maximum Gasteiger partial charge on any atom is 0.304 e. The lowest BCUT2D eigenvalue weighted by Crippen LogP contribution is -2.54. The number of rotatable bonds is 8. The number of nitrogens with zero attached hydrogens (tertiary/aromatic N) is 2. The van der Waals surface area contributed by atoms with Crippen molar-refractivity contribution in [2.75, 3.05) is 0 Å². The monoisotopic (exact) mass is 546 g/mol. The molecule has 5 nitrogen and oxygen atoms in total. The highest BCUT2D eigenvalue weighted by molar-refractivity contribution is 6.30. The van der Waals surface area contributed by atoms with Crippen LogP contribution in [0.2, 0.25) is 10.0 Å². The van der Waals surface area contributed by atoms with E-state index in [9.17, 15) is 23.5 Å². The van der Waals surface area contributed by atoms with Crippen molar-refractivity contribution in [3.8, 4) is 0 Å². The van der Waals surface area contributed by atoms with E-state index in [0.717, 1.165) is 5.56 Å². The largest absolute Gasteiger partial charge is 0.481 e. The Labute approximate surface area is 224 Å². The second-order valence-electron chi connectivity index (χ2n) is 9.60. The number of likely N-dealkylation sites (tertiary alicyclic amines) is 1. The maximum absolute atomic E-state index is 14.2. The highest BCUT2D eigenvalue weighted by Gasteiger charge is 2.53. The fourth-order valence-corrected chi connectivity index (χ4v) is 5.67. The van der Waals surface area contributed by atoms with E-state index in [1.165, 1.54) is 11.1 Å². The SMILES string of the molecule is C[C@]1(CC(=O)O)C[C@H](c2cccc(Cl)c2)[C@@H](c2ccc(Cl)cc2)N([C@@H](CC(F)F)c2ccccn2)C1=O. The van der Waals surface area contributed by atoms with Gasteiger partial charge in [0.25, 0.3) is 0 Å². The predicted octanol–water partition coefficient (Wildman–Crippen LogP) is 7.32. The Morgan fingerprint density at radius 1 is 1.08 bits per heavy atom. The minimum atomic E-state index is -2.73. The summed E-state index contributed by atoms with van der Waals surface area (Å²) in [6.45, 7) is 1.59. The zero-order chi connectivity index (χ0) is 26.7. The van der Waals surface area contributed by atoms with Crippen LogP contribution in [0.25, 0.3) is 0 Å². The van der Waals surface area contributed by atoms with Crippen LogP contribution in [0, 0.1) is 5.41 Å². The van der Waals surface area contributed by atoms with Gasteiger partial charge in [-0.2, -0.15) is 0 Å². The molecule has 9 heteroatoms. The number of aliphatic carboxylic acids is 1. The number of carbonyl (C=O) groups excluding carboxylic acids is 1. The average Bonchev–Trinajstić information content (AvgIpc) is 2.85. The molecule has 0 saturated carbocycles. The van der Waals surface area contributed by atoms with Gasteiger partial charge in [0, 0.05) is 28.6 Å². The van der Waals surface area contributed by atoms with Crippen LogP contribution in [0.15, 0.2) is 72.9 Å². The van der Waals surface area contributed by atoms with E-state index in [4.69, 9.17) is 23.2 Å². The van der Waals surface area contributed by atoms with Gasteiger partial charge in [0.05, 0.1) is 29.6 Å². The number of amides is 1. The number of carbonyl (C=O) groups is 2. The molecule has 0 unspecified atom stereocenters. The molecule has 2 aromatic carbocycles. The third-order valence-corrected chi connectivity index (χ3v) is 7.39. The van der Waals surface area contributed by atoms with Crippen molar-refractivity contribution in [2.24, 2.45) is 5.41 Å². The zero-order valence-electron chi connectivity index (χ0n) is 20.0. The summed E-state index contributed by atoms with van der Waals surface area (Å²) in [7, 11) is 0. The molecule has 2 heterocycles. The molecular formula is C28H26Cl2F2N2O3. The van der Waals surface area contributed by atoms with E-state index in [1.54, 1.807) is 67.6 Å². The van der Waals surface area contributed by atoms with Gasteiger partial charge >= 0.3 is 5.97 Å². The lowest BCUT2D eigenvalue weighted by molar-refractivity contribution is -0.162. The van der Waals surface area contributed by atoms with Gasteiger partial charge in [-0.1, -0.05) is 60.5 Å². The Morgan fingerprint density at radius 2 is 1.81 bits per heavy atom. The summed E-state index contributed by atoms with van der Waals surface area (Å²) in [5, 5.41) is 10.7. The van der Waals surface area contributed by atoms with Gasteiger partial charge in [-0.05, 0) is 53.9 Å². The van der Waals surface area contributed by atoms with Gasteiger partial charge < -0.3 is 10.0 Å². The van der Waals surface area contributed by atoms with Crippen LogP contribution in [0.4, 0.5) is 8.78 Å². The molecule has 1 N–H and O–H groups in total. The lowest BCUT2D eigenvalue weighted by atomic mass is 9.67. The van der Waals surface area contributed by atoms with E-state index < -0.39 is 54.6 Å². The number of carboxylic acids is 1. The van der Waals surface area contributed by atoms with E-state index >= 15 is 0 Å². The highest BCUT2D eigenvalue weighted by atomic mass is 35.5. The molecule has 1 saturated heterocycles. The fourth-order valence-electron chi connectivity index (χ4n) is 5.34. The summed E-state index contributed by atoms with van der Waals surface area (Å²) in [6.07, 6.45) is -2.16. The summed E-state index contributed by atoms with van der Waals surface area (Å²) >= 11 is 12.5. The summed E-state index contributed by atoms with van der Waals surface area (Å²) in [4.78, 5) is 31.8. The molecule has 37 heavy (non-hydrogen) atoms. The fraction of sp³-hybridized carbons (Fsp3) is 0.321. The van der Waals surface area contributed by atoms with Crippen LogP contribution in [-0.4, -0.2) is 33.3 Å².